The molecule has 0 aromatic carbocycles. The fraction of sp³-hybridized carbons (Fsp3) is 0.489. The van der Waals surface area contributed by atoms with E-state index in [1.165, 1.54) is 25.7 Å². The summed E-state index contributed by atoms with van der Waals surface area (Å²) in [6.45, 7) is 3.83. The fourth-order valence-electron chi connectivity index (χ4n) is 4.50. The highest BCUT2D eigenvalue weighted by atomic mass is 16.6. The van der Waals surface area contributed by atoms with Crippen molar-refractivity contribution >= 4 is 11.9 Å². The molecule has 0 saturated heterocycles. The monoisotopic (exact) mass is 715 g/mol. The Morgan fingerprint density at radius 3 is 1.17 bits per heavy atom. The van der Waals surface area contributed by atoms with Crippen LogP contribution in [0.5, 0.6) is 0 Å². The maximum atomic E-state index is 12.1. The van der Waals surface area contributed by atoms with Crippen LogP contribution < -0.4 is 0 Å². The molecule has 0 saturated carbocycles. The highest BCUT2D eigenvalue weighted by molar-refractivity contribution is 5.70. The van der Waals surface area contributed by atoms with Crippen molar-refractivity contribution in [3.63, 3.8) is 0 Å². The predicted octanol–water partition coefficient (Wildman–Crippen LogP) is 12.6. The van der Waals surface area contributed by atoms with Crippen LogP contribution in [0.25, 0.3) is 0 Å². The van der Waals surface area contributed by atoms with E-state index in [9.17, 15) is 14.7 Å². The van der Waals surface area contributed by atoms with Crippen molar-refractivity contribution in [1.29, 1.82) is 0 Å². The first-order chi connectivity index (χ1) is 25.6. The summed E-state index contributed by atoms with van der Waals surface area (Å²) in [6.07, 6.45) is 62.4. The molecule has 0 aliphatic rings. The summed E-state index contributed by atoms with van der Waals surface area (Å²) in [6, 6.07) is 0. The standard InChI is InChI=1S/C47H70O5/c1-3-5-7-9-11-13-15-17-19-21-23-25-27-29-31-33-35-37-39-41-46(49)51-44-45(43-48)52-47(50)42-40-38-36-34-32-30-28-26-24-22-20-18-16-14-12-10-8-6-4-2/h5,7,11-14,17-20,23-26,29-32,35-38,45,48H,3-4,6,8-10,15-16,21-22,27-28,33-34,39-44H2,1-2H3/b7-5-,13-11-,14-12-,19-17-,20-18-,25-23-,26-24-,31-29-,32-30-,37-35-,38-36-/t45-/m0/s1. The molecule has 0 unspecified atom stereocenters. The second-order valence-corrected chi connectivity index (χ2v) is 12.3. The Hall–Kier alpha value is -3.96. The van der Waals surface area contributed by atoms with Gasteiger partial charge in [0, 0.05) is 12.8 Å². The molecule has 5 nitrogen and oxygen atoms in total. The summed E-state index contributed by atoms with van der Waals surface area (Å²) in [4.78, 5) is 24.2. The van der Waals surface area contributed by atoms with Crippen molar-refractivity contribution in [1.82, 2.24) is 0 Å². The molecular formula is C47H70O5. The van der Waals surface area contributed by atoms with E-state index >= 15 is 0 Å². The van der Waals surface area contributed by atoms with Gasteiger partial charge in [0.2, 0.25) is 0 Å². The topological polar surface area (TPSA) is 72.8 Å². The van der Waals surface area contributed by atoms with Crippen molar-refractivity contribution in [2.75, 3.05) is 13.2 Å². The number of rotatable bonds is 33. The third-order valence-corrected chi connectivity index (χ3v) is 7.46. The van der Waals surface area contributed by atoms with Crippen molar-refractivity contribution in [3.8, 4) is 0 Å². The van der Waals surface area contributed by atoms with E-state index in [2.05, 4.69) is 123 Å². The number of hydrogen-bond acceptors (Lipinski definition) is 5. The van der Waals surface area contributed by atoms with E-state index < -0.39 is 18.7 Å². The maximum absolute atomic E-state index is 12.1. The van der Waals surface area contributed by atoms with Crippen molar-refractivity contribution in [3.05, 3.63) is 134 Å². The van der Waals surface area contributed by atoms with Crippen LogP contribution in [-0.4, -0.2) is 36.4 Å². The molecule has 288 valence electrons. The Morgan fingerprint density at radius 1 is 0.462 bits per heavy atom. The SMILES string of the molecule is CC/C=C\C/C=C\C/C=C\C/C=C\C/C=C\C/C=C\CCC(=O)OC[C@H](CO)OC(=O)CC/C=C\C/C=C\C/C=C\C/C=C\C/C=C\CCCCC. The number of carbonyl (C=O) groups is 2. The van der Waals surface area contributed by atoms with Gasteiger partial charge < -0.3 is 14.6 Å². The van der Waals surface area contributed by atoms with Crippen LogP contribution in [-0.2, 0) is 19.1 Å². The quantitative estimate of drug-likeness (QED) is 0.0416. The van der Waals surface area contributed by atoms with Crippen LogP contribution in [0.1, 0.15) is 129 Å². The number of aliphatic hydroxyl groups excluding tert-OH is 1. The van der Waals surface area contributed by atoms with Gasteiger partial charge in [-0.05, 0) is 89.9 Å². The molecular weight excluding hydrogens is 645 g/mol. The normalized spacial score (nSPS) is 13.7. The van der Waals surface area contributed by atoms with E-state index in [4.69, 9.17) is 9.47 Å². The van der Waals surface area contributed by atoms with Crippen LogP contribution >= 0.6 is 0 Å². The second kappa shape index (κ2) is 41.5. The minimum Gasteiger partial charge on any atom is -0.462 e. The number of allylic oxidation sites excluding steroid dienone is 22. The van der Waals surface area contributed by atoms with Gasteiger partial charge in [-0.1, -0.05) is 160 Å². The first-order valence-corrected chi connectivity index (χ1v) is 19.7. The lowest BCUT2D eigenvalue weighted by Gasteiger charge is -2.15. The summed E-state index contributed by atoms with van der Waals surface area (Å²) in [5, 5.41) is 9.54. The van der Waals surface area contributed by atoms with Crippen LogP contribution in [0.3, 0.4) is 0 Å². The Bertz CT molecular complexity index is 1170. The van der Waals surface area contributed by atoms with Crippen molar-refractivity contribution < 1.29 is 24.2 Å². The Balaban J connectivity index is 3.87. The second-order valence-electron chi connectivity index (χ2n) is 12.3. The van der Waals surface area contributed by atoms with Gasteiger partial charge in [0.25, 0.3) is 0 Å². The number of ether oxygens (including phenoxy) is 2. The van der Waals surface area contributed by atoms with Crippen molar-refractivity contribution in [2.24, 2.45) is 0 Å². The average molecular weight is 715 g/mol. The predicted molar refractivity (Wildman–Crippen MR) is 223 cm³/mol. The van der Waals surface area contributed by atoms with Gasteiger partial charge in [-0.3, -0.25) is 9.59 Å². The van der Waals surface area contributed by atoms with E-state index in [1.807, 2.05) is 24.3 Å². The van der Waals surface area contributed by atoms with Gasteiger partial charge >= 0.3 is 11.9 Å². The van der Waals surface area contributed by atoms with Crippen molar-refractivity contribution in [2.45, 2.75) is 136 Å². The first kappa shape index (κ1) is 48.0. The number of unbranched alkanes of at least 4 members (excludes halogenated alkanes) is 3. The van der Waals surface area contributed by atoms with E-state index in [1.54, 1.807) is 0 Å². The summed E-state index contributed by atoms with van der Waals surface area (Å²) < 4.78 is 10.5. The lowest BCUT2D eigenvalue weighted by atomic mass is 10.2. The molecule has 0 heterocycles. The Labute approximate surface area is 317 Å². The number of hydrogen-bond donors (Lipinski definition) is 1. The molecule has 0 aliphatic carbocycles. The molecule has 0 fully saturated rings. The van der Waals surface area contributed by atoms with Gasteiger partial charge in [-0.2, -0.15) is 0 Å². The third kappa shape index (κ3) is 38.8. The zero-order valence-corrected chi connectivity index (χ0v) is 32.5. The molecule has 1 atom stereocenters. The molecule has 5 heteroatoms. The van der Waals surface area contributed by atoms with E-state index in [-0.39, 0.29) is 25.4 Å². The molecule has 1 N–H and O–H groups in total. The number of carbonyl (C=O) groups excluding carboxylic acids is 2. The third-order valence-electron chi connectivity index (χ3n) is 7.46. The maximum Gasteiger partial charge on any atom is 0.306 e. The van der Waals surface area contributed by atoms with Gasteiger partial charge in [0.05, 0.1) is 6.61 Å². The Morgan fingerprint density at radius 2 is 0.808 bits per heavy atom. The molecule has 0 aromatic heterocycles. The summed E-state index contributed by atoms with van der Waals surface area (Å²) in [7, 11) is 0. The lowest BCUT2D eigenvalue weighted by molar-refractivity contribution is -0.161. The highest BCUT2D eigenvalue weighted by Crippen LogP contribution is 2.04. The molecule has 0 spiro atoms. The fourth-order valence-corrected chi connectivity index (χ4v) is 4.50. The smallest absolute Gasteiger partial charge is 0.306 e. The van der Waals surface area contributed by atoms with Crippen LogP contribution in [0.15, 0.2) is 134 Å². The number of esters is 2. The lowest BCUT2D eigenvalue weighted by Crippen LogP contribution is -2.28. The van der Waals surface area contributed by atoms with E-state index in [0.717, 1.165) is 64.2 Å². The van der Waals surface area contributed by atoms with Crippen LogP contribution in [0.4, 0.5) is 0 Å². The van der Waals surface area contributed by atoms with Crippen LogP contribution in [0, 0.1) is 0 Å². The molecule has 52 heavy (non-hydrogen) atoms. The first-order valence-electron chi connectivity index (χ1n) is 19.7. The van der Waals surface area contributed by atoms with Gasteiger partial charge in [0.1, 0.15) is 6.61 Å². The number of aliphatic hydroxyl groups is 1. The zero-order chi connectivity index (χ0) is 37.8. The summed E-state index contributed by atoms with van der Waals surface area (Å²) >= 11 is 0. The summed E-state index contributed by atoms with van der Waals surface area (Å²) in [5.74, 6) is -0.802. The van der Waals surface area contributed by atoms with Crippen LogP contribution in [0.2, 0.25) is 0 Å². The molecule has 0 amide bonds. The molecule has 0 aliphatic heterocycles. The summed E-state index contributed by atoms with van der Waals surface area (Å²) in [5.41, 5.74) is 0. The molecule has 0 radical (unpaired) electrons. The Kier molecular flexibility index (Phi) is 38.3. The molecule has 0 rings (SSSR count). The van der Waals surface area contributed by atoms with E-state index in [0.29, 0.717) is 12.8 Å². The highest BCUT2D eigenvalue weighted by Gasteiger charge is 2.15. The largest absolute Gasteiger partial charge is 0.462 e. The average Bonchev–Trinajstić information content (AvgIpc) is 3.15. The minimum atomic E-state index is -0.852. The molecule has 0 bridgehead atoms. The van der Waals surface area contributed by atoms with Gasteiger partial charge in [-0.25, -0.2) is 0 Å². The zero-order valence-electron chi connectivity index (χ0n) is 32.5. The molecule has 0 aromatic rings. The minimum absolute atomic E-state index is 0.146. The van der Waals surface area contributed by atoms with Gasteiger partial charge in [-0.15, -0.1) is 0 Å². The van der Waals surface area contributed by atoms with Gasteiger partial charge in [0.15, 0.2) is 6.10 Å².